The monoisotopic (exact) mass is 411 g/mol. The van der Waals surface area contributed by atoms with Crippen molar-refractivity contribution in [2.24, 2.45) is 5.92 Å². The van der Waals surface area contributed by atoms with Crippen LogP contribution in [0.4, 0.5) is 0 Å². The Bertz CT molecular complexity index is 744. The van der Waals surface area contributed by atoms with Crippen molar-refractivity contribution in [2.75, 3.05) is 26.2 Å². The number of aromatic hydroxyl groups is 1. The Morgan fingerprint density at radius 2 is 1.89 bits per heavy atom. The molecule has 2 fully saturated rings. The van der Waals surface area contributed by atoms with Gasteiger partial charge in [0.25, 0.3) is 0 Å². The number of phenolic OH excluding ortho intramolecular Hbond substituents is 1. The minimum atomic E-state index is -0.141. The van der Waals surface area contributed by atoms with E-state index in [1.807, 2.05) is 0 Å². The molecule has 2 aliphatic rings. The standard InChI is InChI=1S/C19H23Cl2N3O3/c1-2-18(26)23-10-14(11-23)24(19(27)12-3-5-22-6-4-12)9-13-7-15(20)16(21)8-17(13)25/h2,7-8,12,14,22,25H,1,3-6,9-11H2. The summed E-state index contributed by atoms with van der Waals surface area (Å²) >= 11 is 12.0. The highest BCUT2D eigenvalue weighted by molar-refractivity contribution is 6.42. The quantitative estimate of drug-likeness (QED) is 0.729. The van der Waals surface area contributed by atoms with E-state index in [0.29, 0.717) is 23.7 Å². The molecule has 6 nitrogen and oxygen atoms in total. The lowest BCUT2D eigenvalue weighted by Crippen LogP contribution is -2.62. The van der Waals surface area contributed by atoms with E-state index < -0.39 is 0 Å². The fraction of sp³-hybridized carbons (Fsp3) is 0.474. The van der Waals surface area contributed by atoms with Crippen molar-refractivity contribution in [1.82, 2.24) is 15.1 Å². The van der Waals surface area contributed by atoms with Crippen molar-refractivity contribution in [2.45, 2.75) is 25.4 Å². The van der Waals surface area contributed by atoms with Crippen LogP contribution in [0, 0.1) is 5.92 Å². The summed E-state index contributed by atoms with van der Waals surface area (Å²) in [5, 5.41) is 14.1. The normalized spacial score (nSPS) is 18.1. The van der Waals surface area contributed by atoms with Gasteiger partial charge in [-0.25, -0.2) is 0 Å². The summed E-state index contributed by atoms with van der Waals surface area (Å²) in [6, 6.07) is 2.89. The van der Waals surface area contributed by atoms with E-state index in [1.165, 1.54) is 12.1 Å². The van der Waals surface area contributed by atoms with Gasteiger partial charge in [0.15, 0.2) is 0 Å². The van der Waals surface area contributed by atoms with Crippen LogP contribution in [0.5, 0.6) is 5.75 Å². The molecule has 1 aromatic rings. The molecule has 0 aromatic heterocycles. The summed E-state index contributed by atoms with van der Waals surface area (Å²) in [7, 11) is 0. The van der Waals surface area contributed by atoms with Crippen molar-refractivity contribution in [3.63, 3.8) is 0 Å². The largest absolute Gasteiger partial charge is 0.508 e. The van der Waals surface area contributed by atoms with Crippen LogP contribution in [0.2, 0.25) is 10.0 Å². The zero-order valence-electron chi connectivity index (χ0n) is 15.0. The van der Waals surface area contributed by atoms with Crippen molar-refractivity contribution >= 4 is 35.0 Å². The maximum atomic E-state index is 13.2. The highest BCUT2D eigenvalue weighted by Gasteiger charge is 2.38. The molecule has 0 saturated carbocycles. The molecule has 8 heteroatoms. The third-order valence-corrected chi connectivity index (χ3v) is 5.95. The maximum absolute atomic E-state index is 13.2. The topological polar surface area (TPSA) is 72.9 Å². The van der Waals surface area contributed by atoms with Gasteiger partial charge in [-0.3, -0.25) is 9.59 Å². The fourth-order valence-electron chi connectivity index (χ4n) is 3.54. The minimum absolute atomic E-state index is 0.00542. The molecule has 27 heavy (non-hydrogen) atoms. The number of rotatable bonds is 5. The Morgan fingerprint density at radius 3 is 2.52 bits per heavy atom. The Labute approximate surface area is 168 Å². The Morgan fingerprint density at radius 1 is 1.26 bits per heavy atom. The number of amides is 2. The lowest BCUT2D eigenvalue weighted by molar-refractivity contribution is -0.148. The molecule has 0 aliphatic carbocycles. The Kier molecular flexibility index (Phi) is 6.29. The molecule has 0 unspecified atom stereocenters. The smallest absolute Gasteiger partial charge is 0.246 e. The molecule has 2 N–H and O–H groups in total. The first kappa shape index (κ1) is 20.0. The number of hydrogen-bond donors (Lipinski definition) is 2. The van der Waals surface area contributed by atoms with Gasteiger partial charge in [-0.05, 0) is 38.1 Å². The van der Waals surface area contributed by atoms with Gasteiger partial charge in [-0.15, -0.1) is 0 Å². The van der Waals surface area contributed by atoms with Crippen molar-refractivity contribution in [1.29, 1.82) is 0 Å². The number of piperidine rings is 1. The summed E-state index contributed by atoms with van der Waals surface area (Å²) in [5.41, 5.74) is 0.542. The highest BCUT2D eigenvalue weighted by Crippen LogP contribution is 2.32. The van der Waals surface area contributed by atoms with Gasteiger partial charge in [0, 0.05) is 37.2 Å². The van der Waals surface area contributed by atoms with Crippen LogP contribution < -0.4 is 5.32 Å². The number of benzene rings is 1. The second-order valence-electron chi connectivity index (χ2n) is 6.99. The van der Waals surface area contributed by atoms with E-state index in [9.17, 15) is 14.7 Å². The number of halogens is 2. The third kappa shape index (κ3) is 4.39. The van der Waals surface area contributed by atoms with Gasteiger partial charge in [-0.2, -0.15) is 0 Å². The Hall–Kier alpha value is -1.76. The van der Waals surface area contributed by atoms with E-state index in [1.54, 1.807) is 15.9 Å². The number of phenols is 1. The average Bonchev–Trinajstić information content (AvgIpc) is 2.63. The van der Waals surface area contributed by atoms with Crippen LogP contribution in [-0.2, 0) is 16.1 Å². The first-order chi connectivity index (χ1) is 12.9. The van der Waals surface area contributed by atoms with Crippen LogP contribution in [0.25, 0.3) is 0 Å². The number of carbonyl (C=O) groups is 2. The fourth-order valence-corrected chi connectivity index (χ4v) is 3.88. The molecule has 2 heterocycles. The summed E-state index contributed by atoms with van der Waals surface area (Å²) in [5.74, 6) is -0.137. The molecule has 146 valence electrons. The lowest BCUT2D eigenvalue weighted by Gasteiger charge is -2.46. The van der Waals surface area contributed by atoms with E-state index in [2.05, 4.69) is 11.9 Å². The van der Waals surface area contributed by atoms with E-state index in [4.69, 9.17) is 23.2 Å². The number of likely N-dealkylation sites (tertiary alicyclic amines) is 1. The number of hydrogen-bond acceptors (Lipinski definition) is 4. The number of carbonyl (C=O) groups excluding carboxylic acids is 2. The van der Waals surface area contributed by atoms with Crippen LogP contribution in [-0.4, -0.2) is 58.9 Å². The summed E-state index contributed by atoms with van der Waals surface area (Å²) in [6.07, 6.45) is 2.84. The molecule has 3 rings (SSSR count). The van der Waals surface area contributed by atoms with Gasteiger partial charge >= 0.3 is 0 Å². The average molecular weight is 412 g/mol. The number of nitrogens with one attached hydrogen (secondary N) is 1. The highest BCUT2D eigenvalue weighted by atomic mass is 35.5. The summed E-state index contributed by atoms with van der Waals surface area (Å²) in [4.78, 5) is 28.3. The zero-order chi connectivity index (χ0) is 19.6. The zero-order valence-corrected chi connectivity index (χ0v) is 16.5. The third-order valence-electron chi connectivity index (χ3n) is 5.22. The summed E-state index contributed by atoms with van der Waals surface area (Å²) < 4.78 is 0. The molecule has 2 aliphatic heterocycles. The van der Waals surface area contributed by atoms with Crippen molar-refractivity contribution in [3.8, 4) is 5.75 Å². The Balaban J connectivity index is 1.79. The van der Waals surface area contributed by atoms with Gasteiger partial charge in [0.2, 0.25) is 11.8 Å². The molecule has 2 amide bonds. The lowest BCUT2D eigenvalue weighted by atomic mass is 9.94. The van der Waals surface area contributed by atoms with Crippen LogP contribution in [0.1, 0.15) is 18.4 Å². The van der Waals surface area contributed by atoms with Crippen LogP contribution in [0.15, 0.2) is 24.8 Å². The van der Waals surface area contributed by atoms with Crippen molar-refractivity contribution < 1.29 is 14.7 Å². The molecular weight excluding hydrogens is 389 g/mol. The van der Waals surface area contributed by atoms with Gasteiger partial charge in [0.1, 0.15) is 5.75 Å². The van der Waals surface area contributed by atoms with E-state index >= 15 is 0 Å². The van der Waals surface area contributed by atoms with Crippen molar-refractivity contribution in [3.05, 3.63) is 40.4 Å². The first-order valence-corrected chi connectivity index (χ1v) is 9.75. The molecule has 0 spiro atoms. The van der Waals surface area contributed by atoms with Gasteiger partial charge < -0.3 is 20.2 Å². The second-order valence-corrected chi connectivity index (χ2v) is 7.80. The summed E-state index contributed by atoms with van der Waals surface area (Å²) in [6.45, 7) is 6.28. The molecule has 2 saturated heterocycles. The maximum Gasteiger partial charge on any atom is 0.246 e. The SMILES string of the molecule is C=CC(=O)N1CC(N(Cc2cc(Cl)c(Cl)cc2O)C(=O)C2CCNCC2)C1. The molecule has 1 aromatic carbocycles. The second kappa shape index (κ2) is 8.50. The molecule has 0 radical (unpaired) electrons. The number of nitrogens with zero attached hydrogens (tertiary/aromatic N) is 2. The first-order valence-electron chi connectivity index (χ1n) is 9.00. The van der Waals surface area contributed by atoms with Crippen LogP contribution >= 0.6 is 23.2 Å². The molecule has 0 bridgehead atoms. The van der Waals surface area contributed by atoms with E-state index in [0.717, 1.165) is 25.9 Å². The minimum Gasteiger partial charge on any atom is -0.508 e. The molecular formula is C19H23Cl2N3O3. The van der Waals surface area contributed by atoms with Crippen LogP contribution in [0.3, 0.4) is 0 Å². The van der Waals surface area contributed by atoms with Gasteiger partial charge in [-0.1, -0.05) is 29.8 Å². The molecule has 0 atom stereocenters. The van der Waals surface area contributed by atoms with Gasteiger partial charge in [0.05, 0.1) is 16.1 Å². The predicted molar refractivity (Wildman–Crippen MR) is 105 cm³/mol. The predicted octanol–water partition coefficient (Wildman–Crippen LogP) is 2.42. The van der Waals surface area contributed by atoms with E-state index in [-0.39, 0.29) is 41.1 Å².